The monoisotopic (exact) mass is 261 g/mol. The van der Waals surface area contributed by atoms with Crippen molar-refractivity contribution in [2.24, 2.45) is 11.7 Å². The minimum absolute atomic E-state index is 0.0990. The predicted molar refractivity (Wildman–Crippen MR) is 66.4 cm³/mol. The highest BCUT2D eigenvalue weighted by molar-refractivity contribution is 5.45. The third-order valence-corrected chi connectivity index (χ3v) is 4.10. The highest BCUT2D eigenvalue weighted by Gasteiger charge is 2.50. The van der Waals surface area contributed by atoms with E-state index >= 15 is 0 Å². The molecular formula is C11H15N7O. The molecule has 1 saturated heterocycles. The fourth-order valence-electron chi connectivity index (χ4n) is 3.07. The van der Waals surface area contributed by atoms with Gasteiger partial charge >= 0.3 is 0 Å². The van der Waals surface area contributed by atoms with E-state index in [1.807, 2.05) is 0 Å². The number of anilines is 1. The average molecular weight is 261 g/mol. The second-order valence-corrected chi connectivity index (χ2v) is 5.13. The Bertz CT molecular complexity index is 599. The molecule has 4 rings (SSSR count). The van der Waals surface area contributed by atoms with E-state index in [1.54, 1.807) is 16.9 Å². The van der Waals surface area contributed by atoms with Gasteiger partial charge in [-0.2, -0.15) is 4.52 Å². The number of tetrazole rings is 1. The van der Waals surface area contributed by atoms with Gasteiger partial charge in [-0.25, -0.2) is 0 Å². The van der Waals surface area contributed by atoms with Crippen LogP contribution >= 0.6 is 0 Å². The number of nitrogens with zero attached hydrogens (tertiary/aromatic N) is 5. The number of rotatable bonds is 2. The van der Waals surface area contributed by atoms with Crippen molar-refractivity contribution in [2.75, 3.05) is 11.9 Å². The Kier molecular flexibility index (Phi) is 2.39. The van der Waals surface area contributed by atoms with Gasteiger partial charge in [-0.3, -0.25) is 4.98 Å². The molecule has 2 aromatic rings. The lowest BCUT2D eigenvalue weighted by Gasteiger charge is -2.52. The van der Waals surface area contributed by atoms with Crippen molar-refractivity contribution in [1.29, 1.82) is 0 Å². The Labute approximate surface area is 109 Å². The fourth-order valence-corrected chi connectivity index (χ4v) is 3.07. The number of ether oxygens (including phenoxy) is 1. The topological polar surface area (TPSA) is 103 Å². The summed E-state index contributed by atoms with van der Waals surface area (Å²) in [5.74, 6) is 1.21. The van der Waals surface area contributed by atoms with Gasteiger partial charge in [-0.05, 0) is 23.3 Å². The molecule has 8 heteroatoms. The van der Waals surface area contributed by atoms with Gasteiger partial charge in [0.25, 0.3) is 0 Å². The maximum atomic E-state index is 6.22. The molecule has 8 nitrogen and oxygen atoms in total. The van der Waals surface area contributed by atoms with Crippen LogP contribution in [0.4, 0.5) is 5.82 Å². The number of nitrogens with one attached hydrogen (secondary N) is 1. The molecule has 0 aromatic carbocycles. The van der Waals surface area contributed by atoms with Crippen LogP contribution in [-0.2, 0) is 4.74 Å². The number of hydrogen-bond donors (Lipinski definition) is 2. The molecule has 2 aliphatic rings. The van der Waals surface area contributed by atoms with E-state index in [0.29, 0.717) is 11.6 Å². The predicted octanol–water partition coefficient (Wildman–Crippen LogP) is -0.564. The van der Waals surface area contributed by atoms with Gasteiger partial charge in [0, 0.05) is 18.6 Å². The molecule has 4 unspecified atom stereocenters. The molecule has 19 heavy (non-hydrogen) atoms. The van der Waals surface area contributed by atoms with Crippen LogP contribution in [0.5, 0.6) is 0 Å². The maximum absolute atomic E-state index is 6.22. The Morgan fingerprint density at radius 2 is 2.37 bits per heavy atom. The Morgan fingerprint density at radius 1 is 1.42 bits per heavy atom. The molecule has 2 aromatic heterocycles. The highest BCUT2D eigenvalue weighted by Crippen LogP contribution is 2.38. The summed E-state index contributed by atoms with van der Waals surface area (Å²) in [6, 6.07) is 0.207. The van der Waals surface area contributed by atoms with Crippen LogP contribution in [0.2, 0.25) is 0 Å². The van der Waals surface area contributed by atoms with Crippen LogP contribution in [0.3, 0.4) is 0 Å². The van der Waals surface area contributed by atoms with Crippen LogP contribution in [0, 0.1) is 5.92 Å². The minimum Gasteiger partial charge on any atom is -0.376 e. The third-order valence-electron chi connectivity index (χ3n) is 4.10. The first kappa shape index (κ1) is 11.1. The Balaban J connectivity index is 1.60. The van der Waals surface area contributed by atoms with E-state index in [1.165, 1.54) is 0 Å². The summed E-state index contributed by atoms with van der Waals surface area (Å²) in [5.41, 5.74) is 6.83. The smallest absolute Gasteiger partial charge is 0.199 e. The van der Waals surface area contributed by atoms with E-state index < -0.39 is 0 Å². The van der Waals surface area contributed by atoms with E-state index in [-0.39, 0.29) is 18.2 Å². The summed E-state index contributed by atoms with van der Waals surface area (Å²) in [6.45, 7) is 0.819. The second kappa shape index (κ2) is 4.10. The molecular weight excluding hydrogens is 246 g/mol. The van der Waals surface area contributed by atoms with Gasteiger partial charge in [-0.1, -0.05) is 0 Å². The van der Waals surface area contributed by atoms with Crippen LogP contribution < -0.4 is 11.1 Å². The first-order valence-electron chi connectivity index (χ1n) is 6.50. The second-order valence-electron chi connectivity index (χ2n) is 5.13. The highest BCUT2D eigenvalue weighted by atomic mass is 16.5. The van der Waals surface area contributed by atoms with Gasteiger partial charge in [0.15, 0.2) is 11.5 Å². The summed E-state index contributed by atoms with van der Waals surface area (Å²) < 4.78 is 7.42. The average Bonchev–Trinajstić information content (AvgIpc) is 2.93. The Morgan fingerprint density at radius 3 is 3.32 bits per heavy atom. The molecule has 1 aliphatic carbocycles. The maximum Gasteiger partial charge on any atom is 0.199 e. The number of aromatic nitrogens is 5. The number of hydrogen-bond acceptors (Lipinski definition) is 7. The molecule has 1 aliphatic heterocycles. The van der Waals surface area contributed by atoms with Crippen molar-refractivity contribution < 1.29 is 4.74 Å². The van der Waals surface area contributed by atoms with E-state index in [4.69, 9.17) is 10.5 Å². The lowest BCUT2D eigenvalue weighted by Crippen LogP contribution is -2.69. The van der Waals surface area contributed by atoms with Crippen molar-refractivity contribution >= 4 is 11.5 Å². The lowest BCUT2D eigenvalue weighted by atomic mass is 9.69. The summed E-state index contributed by atoms with van der Waals surface area (Å²) in [5, 5.41) is 14.8. The number of nitrogens with two attached hydrogens (primary N) is 1. The molecule has 4 atom stereocenters. The number of fused-ring (bicyclic) bond motifs is 2. The van der Waals surface area contributed by atoms with E-state index in [2.05, 4.69) is 25.8 Å². The minimum atomic E-state index is 0.0990. The molecule has 3 N–H and O–H groups in total. The summed E-state index contributed by atoms with van der Waals surface area (Å²) in [7, 11) is 0. The van der Waals surface area contributed by atoms with Crippen molar-refractivity contribution in [2.45, 2.75) is 31.0 Å². The largest absolute Gasteiger partial charge is 0.376 e. The van der Waals surface area contributed by atoms with Gasteiger partial charge in [0.1, 0.15) is 0 Å². The molecule has 3 heterocycles. The van der Waals surface area contributed by atoms with Crippen molar-refractivity contribution in [3.63, 3.8) is 0 Å². The standard InChI is InChI=1S/C11H15N7O/c12-9-6-2-1-3-19-11(6)10(9)14-7-4-13-5-8-15-16-17-18(7)8/h4-6,9-11,14H,1-3,12H2. The molecule has 100 valence electrons. The van der Waals surface area contributed by atoms with Crippen LogP contribution in [0.1, 0.15) is 12.8 Å². The van der Waals surface area contributed by atoms with Crippen LogP contribution in [0.25, 0.3) is 5.65 Å². The van der Waals surface area contributed by atoms with Gasteiger partial charge < -0.3 is 15.8 Å². The lowest BCUT2D eigenvalue weighted by molar-refractivity contribution is -0.104. The molecule has 0 bridgehead atoms. The fraction of sp³-hybridized carbons (Fsp3) is 0.636. The van der Waals surface area contributed by atoms with Crippen molar-refractivity contribution in [1.82, 2.24) is 25.0 Å². The first-order valence-corrected chi connectivity index (χ1v) is 6.50. The van der Waals surface area contributed by atoms with Crippen molar-refractivity contribution in [3.8, 4) is 0 Å². The van der Waals surface area contributed by atoms with Crippen LogP contribution in [-0.4, -0.2) is 49.8 Å². The van der Waals surface area contributed by atoms with E-state index in [0.717, 1.165) is 25.3 Å². The molecule has 2 fully saturated rings. The first-order chi connectivity index (χ1) is 9.34. The molecule has 0 spiro atoms. The van der Waals surface area contributed by atoms with Crippen molar-refractivity contribution in [3.05, 3.63) is 12.4 Å². The molecule has 0 radical (unpaired) electrons. The van der Waals surface area contributed by atoms with Gasteiger partial charge in [-0.15, -0.1) is 5.10 Å². The normalized spacial score (nSPS) is 33.7. The summed E-state index contributed by atoms with van der Waals surface area (Å²) in [4.78, 5) is 4.12. The molecule has 1 saturated carbocycles. The third kappa shape index (κ3) is 1.60. The zero-order chi connectivity index (χ0) is 12.8. The zero-order valence-corrected chi connectivity index (χ0v) is 10.3. The summed E-state index contributed by atoms with van der Waals surface area (Å²) in [6.07, 6.45) is 5.76. The Hall–Kier alpha value is -1.80. The SMILES string of the molecule is NC1C2CCCOC2C1Nc1cncc2nnnn12. The quantitative estimate of drug-likeness (QED) is 0.746. The zero-order valence-electron chi connectivity index (χ0n) is 10.3. The summed E-state index contributed by atoms with van der Waals surface area (Å²) >= 11 is 0. The van der Waals surface area contributed by atoms with Crippen LogP contribution in [0.15, 0.2) is 12.4 Å². The van der Waals surface area contributed by atoms with E-state index in [9.17, 15) is 0 Å². The van der Waals surface area contributed by atoms with Gasteiger partial charge in [0.05, 0.1) is 24.5 Å². The molecule has 0 amide bonds. The van der Waals surface area contributed by atoms with Gasteiger partial charge in [0.2, 0.25) is 0 Å².